The summed E-state index contributed by atoms with van der Waals surface area (Å²) in [6.45, 7) is 0.121. The fraction of sp³-hybridized carbons (Fsp3) is 0.273. The molecule has 1 saturated heterocycles. The monoisotopic (exact) mass is 509 g/mol. The van der Waals surface area contributed by atoms with E-state index in [4.69, 9.17) is 11.6 Å². The lowest BCUT2D eigenvalue weighted by molar-refractivity contribution is -0.147. The number of piperidine rings is 1. The molecule has 2 heterocycles. The maximum atomic E-state index is 14.7. The summed E-state index contributed by atoms with van der Waals surface area (Å²) >= 11 is 5.75. The molecule has 4 amide bonds. The number of amides is 4. The fourth-order valence-electron chi connectivity index (χ4n) is 4.60. The van der Waals surface area contributed by atoms with Gasteiger partial charge in [-0.2, -0.15) is 8.78 Å². The molecule has 7 nitrogen and oxygen atoms in total. The highest BCUT2D eigenvalue weighted by Gasteiger charge is 2.51. The summed E-state index contributed by atoms with van der Waals surface area (Å²) in [4.78, 5) is 51.9. The molecule has 0 spiro atoms. The van der Waals surface area contributed by atoms with Gasteiger partial charge in [-0.25, -0.2) is 0 Å². The Hall–Kier alpha value is -3.07. The summed E-state index contributed by atoms with van der Waals surface area (Å²) in [7, 11) is 6.78. The van der Waals surface area contributed by atoms with E-state index < -0.39 is 46.3 Å². The Balaban J connectivity index is 1.52. The zero-order valence-electron chi connectivity index (χ0n) is 20.2. The van der Waals surface area contributed by atoms with Gasteiger partial charge in [-0.3, -0.25) is 24.5 Å². The number of nitrogens with zero attached hydrogens (tertiary/aromatic N) is 1. The van der Waals surface area contributed by atoms with E-state index in [0.717, 1.165) is 12.1 Å². The first-order valence-electron chi connectivity index (χ1n) is 11.5. The van der Waals surface area contributed by atoms with E-state index in [1.54, 1.807) is 49.6 Å². The summed E-state index contributed by atoms with van der Waals surface area (Å²) in [6, 6.07) is 8.75. The number of nitrogens with one attached hydrogen (secondary N) is 2. The van der Waals surface area contributed by atoms with Gasteiger partial charge in [-0.05, 0) is 40.4 Å². The number of fused-ring (bicyclic) bond motifs is 1. The Morgan fingerprint density at radius 3 is 2.44 bits per heavy atom. The summed E-state index contributed by atoms with van der Waals surface area (Å²) in [5.74, 6) is -7.70. The number of benzene rings is 2. The van der Waals surface area contributed by atoms with Crippen molar-refractivity contribution in [2.75, 3.05) is 0 Å². The Kier molecular flexibility index (Phi) is 6.58. The third-order valence-electron chi connectivity index (χ3n) is 7.34. The molecule has 3 atom stereocenters. The van der Waals surface area contributed by atoms with E-state index in [2.05, 4.69) is 10.6 Å². The summed E-state index contributed by atoms with van der Waals surface area (Å²) in [5.41, 5.74) is 1.05. The fourth-order valence-corrected chi connectivity index (χ4v) is 4.73. The molecule has 2 aliphatic heterocycles. The van der Waals surface area contributed by atoms with E-state index in [1.807, 2.05) is 0 Å². The van der Waals surface area contributed by atoms with Gasteiger partial charge in [0, 0.05) is 28.6 Å². The molecule has 4 rings (SSSR count). The second-order valence-corrected chi connectivity index (χ2v) is 10.3. The van der Waals surface area contributed by atoms with Crippen LogP contribution >= 0.6 is 11.6 Å². The lowest BCUT2D eigenvalue weighted by Gasteiger charge is -2.43. The van der Waals surface area contributed by atoms with E-state index in [9.17, 15) is 28.0 Å². The molecular weight excluding hydrogens is 487 g/mol. The van der Waals surface area contributed by atoms with Gasteiger partial charge < -0.3 is 10.2 Å². The van der Waals surface area contributed by atoms with Crippen LogP contribution in [0, 0.1) is 0 Å². The van der Waals surface area contributed by atoms with Crippen molar-refractivity contribution in [1.29, 1.82) is 0 Å². The first kappa shape index (κ1) is 26.0. The van der Waals surface area contributed by atoms with Gasteiger partial charge in [-0.15, -0.1) is 0 Å². The Bertz CT molecular complexity index is 1280. The minimum Gasteiger partial charge on any atom is -0.352 e. The lowest BCUT2D eigenvalue weighted by Crippen LogP contribution is -2.61. The van der Waals surface area contributed by atoms with Crippen LogP contribution in [0.3, 0.4) is 0 Å². The molecule has 0 aromatic heterocycles. The van der Waals surface area contributed by atoms with Crippen LogP contribution in [0.15, 0.2) is 42.5 Å². The summed E-state index contributed by atoms with van der Waals surface area (Å²) in [5, 5.41) is 4.12. The van der Waals surface area contributed by atoms with E-state index in [0.29, 0.717) is 16.7 Å². The Morgan fingerprint density at radius 2 is 1.81 bits per heavy atom. The van der Waals surface area contributed by atoms with Crippen molar-refractivity contribution in [2.24, 2.45) is 0 Å². The zero-order valence-corrected chi connectivity index (χ0v) is 21.0. The predicted molar refractivity (Wildman–Crippen MR) is 140 cm³/mol. The van der Waals surface area contributed by atoms with Crippen LogP contribution in [0.2, 0.25) is 16.1 Å². The molecule has 2 N–H and O–H groups in total. The van der Waals surface area contributed by atoms with E-state index in [1.165, 1.54) is 17.0 Å². The van der Waals surface area contributed by atoms with Crippen LogP contribution in [0.4, 0.5) is 8.78 Å². The number of halogens is 3. The molecule has 3 unspecified atom stereocenters. The molecule has 0 radical (unpaired) electrons. The average Bonchev–Trinajstić information content (AvgIpc) is 3.13. The number of carbonyl (C=O) groups excluding carboxylic acids is 4. The molecule has 2 aliphatic rings. The van der Waals surface area contributed by atoms with Crippen LogP contribution in [0.25, 0.3) is 0 Å². The minimum absolute atomic E-state index is 0.121. The van der Waals surface area contributed by atoms with Gasteiger partial charge in [-0.1, -0.05) is 35.9 Å². The van der Waals surface area contributed by atoms with Crippen LogP contribution in [-0.2, 0) is 26.9 Å². The number of hydrogen-bond donors (Lipinski definition) is 2. The highest BCUT2D eigenvalue weighted by Crippen LogP contribution is 2.41. The molecular formula is C22H22B4ClF2N3O4. The molecule has 14 heteroatoms. The van der Waals surface area contributed by atoms with Gasteiger partial charge in [0.15, 0.2) is 0 Å². The van der Waals surface area contributed by atoms with Crippen LogP contribution < -0.4 is 10.6 Å². The molecule has 2 aromatic rings. The smallest absolute Gasteiger partial charge is 0.349 e. The van der Waals surface area contributed by atoms with E-state index >= 15 is 0 Å². The maximum absolute atomic E-state index is 14.7. The molecule has 0 aliphatic carbocycles. The van der Waals surface area contributed by atoms with Crippen LogP contribution in [0.1, 0.15) is 33.0 Å². The number of carbonyl (C=O) groups is 4. The van der Waals surface area contributed by atoms with Crippen molar-refractivity contribution >= 4 is 66.6 Å². The maximum Gasteiger partial charge on any atom is 0.349 e. The van der Waals surface area contributed by atoms with Crippen molar-refractivity contribution in [1.82, 2.24) is 15.5 Å². The first-order chi connectivity index (χ1) is 16.7. The normalized spacial score (nSPS) is 22.1. The van der Waals surface area contributed by atoms with Crippen molar-refractivity contribution in [3.05, 3.63) is 69.7 Å². The second kappa shape index (κ2) is 9.10. The SMILES string of the molecule is BC(NC(=O)C(F)(F)c1ccc(Cl)cc1)c1ccc2c(c1)CN(C1C(=O)NC(=O)C(B)(B)C1B)C2=O. The zero-order chi connectivity index (χ0) is 26.6. The topological polar surface area (TPSA) is 95.6 Å². The quantitative estimate of drug-likeness (QED) is 0.386. The standard InChI is InChI=1S/C22H22B4ClF2N3O4/c23-15-14(17(33)31-19(35)21(15,25)26)32-8-10-7-9(1-6-13(10)18(32)34)16(24)30-20(36)22(28,29)11-2-4-12(27)5-3-11/h1-7,14-16H,8,23-26H2,(H,30,36)(H,31,33,35). The Morgan fingerprint density at radius 1 is 1.17 bits per heavy atom. The predicted octanol–water partition coefficient (Wildman–Crippen LogP) is -1.34. The first-order valence-corrected chi connectivity index (χ1v) is 11.9. The largest absolute Gasteiger partial charge is 0.352 e. The third kappa shape index (κ3) is 4.34. The summed E-state index contributed by atoms with van der Waals surface area (Å²) in [6.07, 6.45) is 0. The van der Waals surface area contributed by atoms with Crippen molar-refractivity contribution < 1.29 is 28.0 Å². The molecule has 36 heavy (non-hydrogen) atoms. The molecule has 182 valence electrons. The van der Waals surface area contributed by atoms with Crippen LogP contribution in [0.5, 0.6) is 0 Å². The summed E-state index contributed by atoms with van der Waals surface area (Å²) < 4.78 is 29.4. The van der Waals surface area contributed by atoms with Crippen molar-refractivity contribution in [2.45, 2.75) is 35.5 Å². The van der Waals surface area contributed by atoms with Crippen molar-refractivity contribution in [3.8, 4) is 0 Å². The van der Waals surface area contributed by atoms with Crippen LogP contribution in [-0.4, -0.2) is 66.0 Å². The number of rotatable bonds is 5. The van der Waals surface area contributed by atoms with Gasteiger partial charge >= 0.3 is 5.92 Å². The number of hydrogen-bond acceptors (Lipinski definition) is 4. The highest BCUT2D eigenvalue weighted by atomic mass is 35.5. The number of alkyl halides is 2. The average molecular weight is 509 g/mol. The van der Waals surface area contributed by atoms with Gasteiger partial charge in [0.05, 0.1) is 0 Å². The lowest BCUT2D eigenvalue weighted by atomic mass is 9.40. The Labute approximate surface area is 215 Å². The van der Waals surface area contributed by atoms with Gasteiger partial charge in [0.25, 0.3) is 11.8 Å². The van der Waals surface area contributed by atoms with E-state index in [-0.39, 0.29) is 23.4 Å². The van der Waals surface area contributed by atoms with Gasteiger partial charge in [0.1, 0.15) is 37.4 Å². The second-order valence-electron chi connectivity index (χ2n) is 9.90. The van der Waals surface area contributed by atoms with Gasteiger partial charge in [0.2, 0.25) is 11.8 Å². The molecule has 2 aromatic carbocycles. The molecule has 1 fully saturated rings. The molecule has 0 bridgehead atoms. The molecule has 0 saturated carbocycles. The minimum atomic E-state index is -3.77. The van der Waals surface area contributed by atoms with Crippen molar-refractivity contribution in [3.63, 3.8) is 0 Å². The number of imide groups is 1. The third-order valence-corrected chi connectivity index (χ3v) is 7.59. The highest BCUT2D eigenvalue weighted by molar-refractivity contribution is 6.56.